The summed E-state index contributed by atoms with van der Waals surface area (Å²) in [6, 6.07) is 0. The standard InChI is InChI=1S/C9H17NO/c1-5-6-10-7-9(4,11)8(2)3/h1,8,10-11H,6-7H2,2-4H3. The summed E-state index contributed by atoms with van der Waals surface area (Å²) >= 11 is 0. The molecule has 0 rings (SSSR count). The Labute approximate surface area is 69.0 Å². The Morgan fingerprint density at radius 3 is 2.55 bits per heavy atom. The quantitative estimate of drug-likeness (QED) is 0.460. The van der Waals surface area contributed by atoms with Crippen molar-refractivity contribution in [1.82, 2.24) is 5.32 Å². The zero-order chi connectivity index (χ0) is 8.91. The molecule has 0 aromatic rings. The van der Waals surface area contributed by atoms with E-state index >= 15 is 0 Å². The van der Waals surface area contributed by atoms with Crippen molar-refractivity contribution in [2.24, 2.45) is 5.92 Å². The molecule has 0 fully saturated rings. The van der Waals surface area contributed by atoms with E-state index in [2.05, 4.69) is 11.2 Å². The van der Waals surface area contributed by atoms with Gasteiger partial charge in [0.25, 0.3) is 0 Å². The van der Waals surface area contributed by atoms with Crippen molar-refractivity contribution < 1.29 is 5.11 Å². The van der Waals surface area contributed by atoms with E-state index in [4.69, 9.17) is 6.42 Å². The van der Waals surface area contributed by atoms with Gasteiger partial charge >= 0.3 is 0 Å². The lowest BCUT2D eigenvalue weighted by molar-refractivity contribution is 0.0152. The molecule has 0 aliphatic rings. The van der Waals surface area contributed by atoms with Gasteiger partial charge in [-0.05, 0) is 12.8 Å². The highest BCUT2D eigenvalue weighted by atomic mass is 16.3. The molecule has 0 aliphatic carbocycles. The number of hydrogen-bond acceptors (Lipinski definition) is 2. The van der Waals surface area contributed by atoms with Gasteiger partial charge in [0.2, 0.25) is 0 Å². The SMILES string of the molecule is C#CCNCC(C)(O)C(C)C. The van der Waals surface area contributed by atoms with Gasteiger partial charge in [0.1, 0.15) is 0 Å². The van der Waals surface area contributed by atoms with Crippen LogP contribution in [-0.2, 0) is 0 Å². The number of aliphatic hydroxyl groups is 1. The lowest BCUT2D eigenvalue weighted by Gasteiger charge is -2.27. The van der Waals surface area contributed by atoms with Crippen LogP contribution in [0.1, 0.15) is 20.8 Å². The summed E-state index contributed by atoms with van der Waals surface area (Å²) in [5.74, 6) is 2.70. The summed E-state index contributed by atoms with van der Waals surface area (Å²) in [5, 5.41) is 12.7. The zero-order valence-electron chi connectivity index (χ0n) is 7.52. The van der Waals surface area contributed by atoms with Crippen molar-refractivity contribution >= 4 is 0 Å². The number of hydrogen-bond donors (Lipinski definition) is 2. The van der Waals surface area contributed by atoms with Crippen LogP contribution in [0.25, 0.3) is 0 Å². The molecule has 0 amide bonds. The average molecular weight is 155 g/mol. The maximum atomic E-state index is 9.69. The second kappa shape index (κ2) is 4.38. The summed E-state index contributed by atoms with van der Waals surface area (Å²) in [7, 11) is 0. The molecule has 0 radical (unpaired) electrons. The molecule has 11 heavy (non-hydrogen) atoms. The van der Waals surface area contributed by atoms with Gasteiger partial charge in [0.05, 0.1) is 12.1 Å². The van der Waals surface area contributed by atoms with E-state index in [1.165, 1.54) is 0 Å². The largest absolute Gasteiger partial charge is 0.389 e. The Balaban J connectivity index is 3.66. The Morgan fingerprint density at radius 1 is 1.64 bits per heavy atom. The van der Waals surface area contributed by atoms with Gasteiger partial charge in [-0.25, -0.2) is 0 Å². The van der Waals surface area contributed by atoms with Crippen molar-refractivity contribution in [3.8, 4) is 12.3 Å². The fourth-order valence-electron chi connectivity index (χ4n) is 0.592. The van der Waals surface area contributed by atoms with E-state index in [-0.39, 0.29) is 5.92 Å². The number of nitrogens with one attached hydrogen (secondary N) is 1. The molecule has 0 aliphatic heterocycles. The summed E-state index contributed by atoms with van der Waals surface area (Å²) in [6.45, 7) is 6.84. The van der Waals surface area contributed by atoms with Crippen molar-refractivity contribution in [2.75, 3.05) is 13.1 Å². The second-order valence-corrected chi connectivity index (χ2v) is 3.32. The molecule has 0 spiro atoms. The minimum absolute atomic E-state index is 0.243. The summed E-state index contributed by atoms with van der Waals surface area (Å²) in [5.41, 5.74) is -0.656. The van der Waals surface area contributed by atoms with Gasteiger partial charge < -0.3 is 10.4 Å². The van der Waals surface area contributed by atoms with Crippen LogP contribution in [-0.4, -0.2) is 23.8 Å². The zero-order valence-corrected chi connectivity index (χ0v) is 7.52. The number of terminal acetylenes is 1. The van der Waals surface area contributed by atoms with Crippen LogP contribution < -0.4 is 5.32 Å². The van der Waals surface area contributed by atoms with Crippen LogP contribution in [0.4, 0.5) is 0 Å². The molecule has 0 saturated carbocycles. The smallest absolute Gasteiger partial charge is 0.0766 e. The van der Waals surface area contributed by atoms with Crippen LogP contribution in [0.3, 0.4) is 0 Å². The minimum atomic E-state index is -0.656. The first-order valence-corrected chi connectivity index (χ1v) is 3.87. The Hall–Kier alpha value is -0.520. The molecule has 2 N–H and O–H groups in total. The van der Waals surface area contributed by atoms with Gasteiger partial charge in [-0.1, -0.05) is 19.8 Å². The van der Waals surface area contributed by atoms with Crippen LogP contribution in [0, 0.1) is 18.3 Å². The lowest BCUT2D eigenvalue weighted by atomic mass is 9.93. The molecule has 0 saturated heterocycles. The predicted molar refractivity (Wildman–Crippen MR) is 47.2 cm³/mol. The van der Waals surface area contributed by atoms with Crippen molar-refractivity contribution in [2.45, 2.75) is 26.4 Å². The van der Waals surface area contributed by atoms with Crippen molar-refractivity contribution in [3.05, 3.63) is 0 Å². The first-order chi connectivity index (χ1) is 5.00. The van der Waals surface area contributed by atoms with Crippen LogP contribution >= 0.6 is 0 Å². The molecule has 1 unspecified atom stereocenters. The van der Waals surface area contributed by atoms with Gasteiger partial charge in [-0.3, -0.25) is 0 Å². The van der Waals surface area contributed by atoms with E-state index in [0.29, 0.717) is 13.1 Å². The Kier molecular flexibility index (Phi) is 4.17. The van der Waals surface area contributed by atoms with Gasteiger partial charge in [-0.15, -0.1) is 6.42 Å². The molecule has 64 valence electrons. The summed E-state index contributed by atoms with van der Waals surface area (Å²) in [4.78, 5) is 0. The molecule has 2 heteroatoms. The van der Waals surface area contributed by atoms with E-state index in [1.54, 1.807) is 6.92 Å². The predicted octanol–water partition coefficient (Wildman–Crippen LogP) is 0.616. The second-order valence-electron chi connectivity index (χ2n) is 3.32. The molecule has 0 aromatic heterocycles. The van der Waals surface area contributed by atoms with Gasteiger partial charge in [0.15, 0.2) is 0 Å². The average Bonchev–Trinajstić information content (AvgIpc) is 1.88. The first-order valence-electron chi connectivity index (χ1n) is 3.87. The first kappa shape index (κ1) is 10.5. The van der Waals surface area contributed by atoms with Crippen LogP contribution in [0.15, 0.2) is 0 Å². The molecule has 0 heterocycles. The monoisotopic (exact) mass is 155 g/mol. The molecule has 2 nitrogen and oxygen atoms in total. The molecule has 1 atom stereocenters. The third kappa shape index (κ3) is 4.02. The number of rotatable bonds is 4. The minimum Gasteiger partial charge on any atom is -0.389 e. The maximum Gasteiger partial charge on any atom is 0.0766 e. The Morgan fingerprint density at radius 2 is 2.18 bits per heavy atom. The van der Waals surface area contributed by atoms with E-state index in [1.807, 2.05) is 13.8 Å². The Bertz CT molecular complexity index is 144. The van der Waals surface area contributed by atoms with E-state index in [9.17, 15) is 5.11 Å². The highest BCUT2D eigenvalue weighted by Gasteiger charge is 2.23. The fourth-order valence-corrected chi connectivity index (χ4v) is 0.592. The third-order valence-corrected chi connectivity index (χ3v) is 1.95. The highest BCUT2D eigenvalue weighted by molar-refractivity contribution is 4.88. The molecule has 0 bridgehead atoms. The van der Waals surface area contributed by atoms with E-state index in [0.717, 1.165) is 0 Å². The third-order valence-electron chi connectivity index (χ3n) is 1.95. The summed E-state index contributed by atoms with van der Waals surface area (Å²) in [6.07, 6.45) is 5.04. The van der Waals surface area contributed by atoms with Crippen LogP contribution in [0.2, 0.25) is 0 Å². The van der Waals surface area contributed by atoms with Gasteiger partial charge in [0, 0.05) is 6.54 Å². The molecular weight excluding hydrogens is 138 g/mol. The molecule has 0 aromatic carbocycles. The highest BCUT2D eigenvalue weighted by Crippen LogP contribution is 2.13. The van der Waals surface area contributed by atoms with E-state index < -0.39 is 5.60 Å². The topological polar surface area (TPSA) is 32.3 Å². The molecular formula is C9H17NO. The maximum absolute atomic E-state index is 9.69. The van der Waals surface area contributed by atoms with Crippen molar-refractivity contribution in [1.29, 1.82) is 0 Å². The lowest BCUT2D eigenvalue weighted by Crippen LogP contribution is -2.42. The summed E-state index contributed by atoms with van der Waals surface area (Å²) < 4.78 is 0. The van der Waals surface area contributed by atoms with Crippen LogP contribution in [0.5, 0.6) is 0 Å². The normalized spacial score (nSPS) is 16.0. The fraction of sp³-hybridized carbons (Fsp3) is 0.778. The van der Waals surface area contributed by atoms with Crippen molar-refractivity contribution in [3.63, 3.8) is 0 Å². The van der Waals surface area contributed by atoms with Gasteiger partial charge in [-0.2, -0.15) is 0 Å².